The third-order valence-corrected chi connectivity index (χ3v) is 14.8. The van der Waals surface area contributed by atoms with Crippen molar-refractivity contribution in [2.75, 3.05) is 20.2 Å². The Balaban J connectivity index is 1.13. The maximum Gasteiger partial charge on any atom is 0.407 e. The number of ether oxygens (including phenoxy) is 3. The predicted octanol–water partition coefficient (Wildman–Crippen LogP) is 11.6. The quantitative estimate of drug-likeness (QED) is 0.0542. The molecule has 2 saturated heterocycles. The summed E-state index contributed by atoms with van der Waals surface area (Å²) in [5.41, 5.74) is 15.3. The number of unbranched alkanes of at least 4 members (excludes halogenated alkanes) is 2. The van der Waals surface area contributed by atoms with Crippen LogP contribution in [0.2, 0.25) is 0 Å². The Kier molecular flexibility index (Phi) is 16.6. The lowest BCUT2D eigenvalue weighted by atomic mass is 9.99. The number of allylic oxidation sites excluding steroid dienone is 1. The van der Waals surface area contributed by atoms with Gasteiger partial charge in [0.25, 0.3) is 0 Å². The highest BCUT2D eigenvalue weighted by Crippen LogP contribution is 2.46. The van der Waals surface area contributed by atoms with Crippen molar-refractivity contribution in [1.82, 2.24) is 29.7 Å². The van der Waals surface area contributed by atoms with Crippen LogP contribution in [0.25, 0.3) is 39.0 Å². The summed E-state index contributed by atoms with van der Waals surface area (Å²) in [6.07, 6.45) is 12.1. The molecule has 384 valence electrons. The van der Waals surface area contributed by atoms with Crippen LogP contribution < -0.4 is 20.5 Å². The molecule has 3 amide bonds. The fourth-order valence-corrected chi connectivity index (χ4v) is 10.6. The summed E-state index contributed by atoms with van der Waals surface area (Å²) in [4.78, 5) is 56.8. The van der Waals surface area contributed by atoms with Gasteiger partial charge in [-0.25, -0.2) is 9.78 Å². The van der Waals surface area contributed by atoms with E-state index in [0.29, 0.717) is 18.9 Å². The number of carbonyl (C=O) groups excluding carboxylic acids is 3. The zero-order valence-corrected chi connectivity index (χ0v) is 43.9. The van der Waals surface area contributed by atoms with Gasteiger partial charge in [-0.15, -0.1) is 0 Å². The summed E-state index contributed by atoms with van der Waals surface area (Å²) in [7, 11) is 1.30. The molecular weight excluding hydrogens is 905 g/mol. The number of H-pyrrole nitrogens is 1. The molecule has 2 unspecified atom stereocenters. The SMILES string of the molecule is CCCCCC(C)Oc1cccc(C2Oc3cc(/C(=C/N=C(CC)[C@@H]4CCCN4C(=O)[C@@H](N)C(C)C)CC)ccc3-c3cc4cc(-c5cnc([C@@H]6CCCN6C(=O)[C@@H](NC(=O)OC)C(C)C)[nH]5)ccc4n32)c1. The number of methoxy groups -OCH3 is 1. The minimum Gasteiger partial charge on any atom is -0.491 e. The summed E-state index contributed by atoms with van der Waals surface area (Å²) in [6, 6.07) is 21.9. The Bertz CT molecular complexity index is 2790. The molecule has 14 nitrogen and oxygen atoms in total. The van der Waals surface area contributed by atoms with Crippen LogP contribution in [0.15, 0.2) is 84.1 Å². The number of aromatic nitrogens is 3. The van der Waals surface area contributed by atoms with Gasteiger partial charge in [-0.3, -0.25) is 14.6 Å². The molecular formula is C58H76N8O6. The summed E-state index contributed by atoms with van der Waals surface area (Å²) < 4.78 is 20.8. The van der Waals surface area contributed by atoms with Crippen molar-refractivity contribution in [3.05, 3.63) is 96.1 Å². The molecule has 3 aromatic carbocycles. The first-order chi connectivity index (χ1) is 34.7. The second kappa shape index (κ2) is 23.0. The number of aliphatic imine (C=N–C) groups is 1. The number of fused-ring (bicyclic) bond motifs is 5. The molecule has 14 heteroatoms. The van der Waals surface area contributed by atoms with Gasteiger partial charge in [0, 0.05) is 47.1 Å². The molecule has 6 atom stereocenters. The van der Waals surface area contributed by atoms with E-state index < -0.39 is 24.4 Å². The van der Waals surface area contributed by atoms with Crippen LogP contribution in [0.5, 0.6) is 11.5 Å². The molecule has 0 aliphatic carbocycles. The molecule has 8 rings (SSSR count). The van der Waals surface area contributed by atoms with E-state index in [1.54, 1.807) is 0 Å². The summed E-state index contributed by atoms with van der Waals surface area (Å²) >= 11 is 0. The molecule has 3 aliphatic rings. The van der Waals surface area contributed by atoms with Crippen LogP contribution in [0.4, 0.5) is 4.79 Å². The van der Waals surface area contributed by atoms with Gasteiger partial charge in [0.15, 0.2) is 0 Å². The first kappa shape index (κ1) is 51.9. The zero-order chi connectivity index (χ0) is 51.2. The summed E-state index contributed by atoms with van der Waals surface area (Å²) in [5.74, 6) is 2.10. The third kappa shape index (κ3) is 11.0. The molecule has 5 heterocycles. The number of hydrogen-bond acceptors (Lipinski definition) is 9. The molecule has 0 radical (unpaired) electrons. The number of likely N-dealkylation sites (tertiary alicyclic amines) is 2. The van der Waals surface area contributed by atoms with E-state index in [1.807, 2.05) is 62.0 Å². The highest BCUT2D eigenvalue weighted by molar-refractivity contribution is 5.96. The van der Waals surface area contributed by atoms with E-state index in [0.717, 1.165) is 119 Å². The molecule has 2 fully saturated rings. The zero-order valence-electron chi connectivity index (χ0n) is 43.9. The van der Waals surface area contributed by atoms with E-state index in [4.69, 9.17) is 29.9 Å². The number of alkyl carbamates (subject to hydrolysis) is 1. The standard InChI is InChI=1S/C58H76N8O6/c1-10-13-14-18-37(8)71-43-20-15-19-41(30-43)57-66-47-26-24-40(46-34-61-54(62-46)49-22-17-28-65(49)56(68)53(36(6)7)63-58(69)70-9)29-42(47)31-50(66)44-25-23-39(32-51(44)72-57)38(11-2)33-60-45(12-3)48-21-16-27-64(48)55(67)52(59)35(4)5/h15,19-20,23-26,29-37,48-49,52-53,57H,10-14,16-18,21-22,27-28,59H2,1-9H3,(H,61,62)(H,63,69)/b38-33+,60-45?/t37?,48-,49-,52-,53-,57?/m0/s1. The molecule has 0 saturated carbocycles. The van der Waals surface area contributed by atoms with E-state index in [9.17, 15) is 14.4 Å². The molecule has 4 N–H and O–H groups in total. The number of nitrogens with one attached hydrogen (secondary N) is 2. The van der Waals surface area contributed by atoms with Gasteiger partial charge in [-0.2, -0.15) is 0 Å². The summed E-state index contributed by atoms with van der Waals surface area (Å²) in [6.45, 7) is 17.7. The number of aromatic amines is 1. The van der Waals surface area contributed by atoms with Gasteiger partial charge in [-0.1, -0.05) is 85.6 Å². The number of hydrogen-bond donors (Lipinski definition) is 3. The molecule has 0 bridgehead atoms. The second-order valence-corrected chi connectivity index (χ2v) is 20.5. The van der Waals surface area contributed by atoms with Gasteiger partial charge in [-0.05, 0) is 124 Å². The van der Waals surface area contributed by atoms with Crippen molar-refractivity contribution in [3.63, 3.8) is 0 Å². The van der Waals surface area contributed by atoms with Gasteiger partial charge in [0.2, 0.25) is 18.0 Å². The Morgan fingerprint density at radius 1 is 0.917 bits per heavy atom. The molecule has 3 aliphatic heterocycles. The average Bonchev–Trinajstić information content (AvgIpc) is 4.23. The van der Waals surface area contributed by atoms with Gasteiger partial charge >= 0.3 is 6.09 Å². The first-order valence-electron chi connectivity index (χ1n) is 26.5. The number of amides is 3. The van der Waals surface area contributed by atoms with E-state index in [2.05, 4.69) is 97.2 Å². The van der Waals surface area contributed by atoms with Gasteiger partial charge in [0.05, 0.1) is 54.4 Å². The Morgan fingerprint density at radius 3 is 2.44 bits per heavy atom. The van der Waals surface area contributed by atoms with E-state index in [1.165, 1.54) is 20.0 Å². The smallest absolute Gasteiger partial charge is 0.407 e. The minimum atomic E-state index is -0.713. The maximum atomic E-state index is 13.9. The monoisotopic (exact) mass is 981 g/mol. The average molecular weight is 981 g/mol. The molecule has 2 aromatic heterocycles. The Morgan fingerprint density at radius 2 is 1.71 bits per heavy atom. The predicted molar refractivity (Wildman–Crippen MR) is 286 cm³/mol. The lowest BCUT2D eigenvalue weighted by Crippen LogP contribution is -2.51. The molecule has 0 spiro atoms. The highest BCUT2D eigenvalue weighted by atomic mass is 16.5. The van der Waals surface area contributed by atoms with Crippen molar-refractivity contribution in [2.45, 2.75) is 156 Å². The van der Waals surface area contributed by atoms with Crippen molar-refractivity contribution in [3.8, 4) is 34.0 Å². The Labute approximate surface area is 425 Å². The van der Waals surface area contributed by atoms with Gasteiger partial charge in [0.1, 0.15) is 23.4 Å². The van der Waals surface area contributed by atoms with E-state index in [-0.39, 0.29) is 41.8 Å². The van der Waals surface area contributed by atoms with Crippen molar-refractivity contribution in [1.29, 1.82) is 0 Å². The largest absolute Gasteiger partial charge is 0.491 e. The maximum absolute atomic E-state index is 13.9. The number of rotatable bonds is 19. The van der Waals surface area contributed by atoms with Crippen LogP contribution in [-0.2, 0) is 14.3 Å². The number of nitrogens with zero attached hydrogens (tertiary/aromatic N) is 5. The van der Waals surface area contributed by atoms with Crippen LogP contribution in [0.3, 0.4) is 0 Å². The number of nitrogens with two attached hydrogens (primary N) is 1. The third-order valence-electron chi connectivity index (χ3n) is 14.8. The second-order valence-electron chi connectivity index (χ2n) is 20.5. The first-order valence-corrected chi connectivity index (χ1v) is 26.5. The minimum absolute atomic E-state index is 0.00579. The lowest BCUT2D eigenvalue weighted by molar-refractivity contribution is -0.135. The fraction of sp³-hybridized carbons (Fsp3) is 0.500. The molecule has 5 aromatic rings. The highest BCUT2D eigenvalue weighted by Gasteiger charge is 2.38. The summed E-state index contributed by atoms with van der Waals surface area (Å²) in [5, 5.41) is 3.78. The van der Waals surface area contributed by atoms with Crippen molar-refractivity contribution < 1.29 is 28.6 Å². The lowest BCUT2D eigenvalue weighted by Gasteiger charge is -2.31. The van der Waals surface area contributed by atoms with Crippen LogP contribution in [-0.4, -0.2) is 92.4 Å². The van der Waals surface area contributed by atoms with Crippen LogP contribution in [0.1, 0.15) is 149 Å². The number of benzene rings is 3. The topological polar surface area (TPSA) is 169 Å². The van der Waals surface area contributed by atoms with E-state index >= 15 is 0 Å². The number of carbonyl (C=O) groups is 3. The van der Waals surface area contributed by atoms with Crippen LogP contribution >= 0.6 is 0 Å². The fourth-order valence-electron chi connectivity index (χ4n) is 10.6. The Hall–Kier alpha value is -6.41. The van der Waals surface area contributed by atoms with Crippen LogP contribution in [0, 0.1) is 11.8 Å². The molecule has 72 heavy (non-hydrogen) atoms. The normalized spacial score (nSPS) is 19.3. The van der Waals surface area contributed by atoms with Gasteiger partial charge < -0.3 is 44.6 Å². The number of imidazole rings is 1. The van der Waals surface area contributed by atoms with Crippen molar-refractivity contribution >= 4 is 40.1 Å². The van der Waals surface area contributed by atoms with Crippen molar-refractivity contribution in [2.24, 2.45) is 22.6 Å².